The number of rotatable bonds is 4. The molecule has 0 saturated heterocycles. The number of fused-ring (bicyclic) bond motifs is 1. The average Bonchev–Trinajstić information content (AvgIpc) is 3.00. The minimum atomic E-state index is -0.229. The van der Waals surface area contributed by atoms with Crippen molar-refractivity contribution < 1.29 is 14.3 Å². The van der Waals surface area contributed by atoms with E-state index in [4.69, 9.17) is 9.47 Å². The molecule has 5 nitrogen and oxygen atoms in total. The third-order valence-electron chi connectivity index (χ3n) is 6.37. The third-order valence-corrected chi connectivity index (χ3v) is 6.86. The number of hydrogen-bond donors (Lipinski definition) is 2. The predicted octanol–water partition coefficient (Wildman–Crippen LogP) is 6.45. The monoisotopic (exact) mass is 504 g/mol. The van der Waals surface area contributed by atoms with Gasteiger partial charge in [0.1, 0.15) is 0 Å². The lowest BCUT2D eigenvalue weighted by Gasteiger charge is -2.30. The van der Waals surface area contributed by atoms with Gasteiger partial charge in [-0.15, -0.1) is 0 Å². The summed E-state index contributed by atoms with van der Waals surface area (Å²) in [4.78, 5) is 13.7. The maximum absolute atomic E-state index is 13.7. The fourth-order valence-corrected chi connectivity index (χ4v) is 5.19. The molecule has 168 valence electrons. The highest BCUT2D eigenvalue weighted by Crippen LogP contribution is 2.45. The number of anilines is 2. The van der Waals surface area contributed by atoms with Crippen molar-refractivity contribution in [2.45, 2.75) is 24.8 Å². The van der Waals surface area contributed by atoms with Crippen molar-refractivity contribution in [2.75, 3.05) is 24.9 Å². The summed E-state index contributed by atoms with van der Waals surface area (Å²) in [7, 11) is 3.26. The molecule has 2 aliphatic rings. The predicted molar refractivity (Wildman–Crippen MR) is 134 cm³/mol. The molecule has 0 radical (unpaired) electrons. The van der Waals surface area contributed by atoms with Crippen molar-refractivity contribution in [3.8, 4) is 11.5 Å². The van der Waals surface area contributed by atoms with Gasteiger partial charge in [0.05, 0.1) is 31.6 Å². The molecule has 3 aromatic rings. The number of carbonyl (C=O) groups is 1. The molecule has 1 aliphatic carbocycles. The van der Waals surface area contributed by atoms with E-state index in [9.17, 15) is 4.79 Å². The summed E-state index contributed by atoms with van der Waals surface area (Å²) >= 11 is 3.58. The molecule has 0 saturated carbocycles. The second kappa shape index (κ2) is 8.94. The quantitative estimate of drug-likeness (QED) is 0.427. The zero-order chi connectivity index (χ0) is 22.9. The Kier molecular flexibility index (Phi) is 5.85. The molecular weight excluding hydrogens is 480 g/mol. The molecule has 1 aliphatic heterocycles. The van der Waals surface area contributed by atoms with Crippen molar-refractivity contribution in [1.29, 1.82) is 0 Å². The van der Waals surface area contributed by atoms with Crippen molar-refractivity contribution in [2.24, 2.45) is 0 Å². The van der Waals surface area contributed by atoms with Crippen LogP contribution in [0.15, 0.2) is 82.5 Å². The van der Waals surface area contributed by atoms with E-state index in [-0.39, 0.29) is 17.7 Å². The van der Waals surface area contributed by atoms with Crippen LogP contribution in [0.4, 0.5) is 11.4 Å². The molecule has 0 bridgehead atoms. The van der Waals surface area contributed by atoms with E-state index in [0.717, 1.165) is 44.7 Å². The number of halogens is 1. The van der Waals surface area contributed by atoms with Crippen molar-refractivity contribution in [3.63, 3.8) is 0 Å². The number of Topliss-reactive ketones (excluding diaryl/α,β-unsaturated/α-hetero) is 1. The Morgan fingerprint density at radius 3 is 2.39 bits per heavy atom. The van der Waals surface area contributed by atoms with Crippen molar-refractivity contribution in [3.05, 3.63) is 93.6 Å². The Labute approximate surface area is 201 Å². The standard InChI is InChI=1S/C27H25BrN2O3/c1-32-24-11-10-16(15-25(24)33-2)18-13-22-26(23(31)14-18)27(17-6-5-7-19(28)12-17)30-21-9-4-3-8-20(21)29-22/h3-12,15,18,27,29-30H,13-14H2,1-2H3/t18-,27+/m0/s1. The average molecular weight is 505 g/mol. The number of allylic oxidation sites excluding steroid dienone is 1. The van der Waals surface area contributed by atoms with E-state index < -0.39 is 0 Å². The number of ether oxygens (including phenoxy) is 2. The van der Waals surface area contributed by atoms with Gasteiger partial charge in [-0.2, -0.15) is 0 Å². The molecule has 0 aromatic heterocycles. The van der Waals surface area contributed by atoms with Crippen molar-refractivity contribution in [1.82, 2.24) is 0 Å². The van der Waals surface area contributed by atoms with Crippen LogP contribution in [0, 0.1) is 0 Å². The van der Waals surface area contributed by atoms with Gasteiger partial charge >= 0.3 is 0 Å². The zero-order valence-electron chi connectivity index (χ0n) is 18.5. The van der Waals surface area contributed by atoms with E-state index >= 15 is 0 Å². The van der Waals surface area contributed by atoms with Crippen LogP contribution in [0.5, 0.6) is 11.5 Å². The Morgan fingerprint density at radius 2 is 1.64 bits per heavy atom. The molecule has 2 N–H and O–H groups in total. The Balaban J connectivity index is 1.58. The third kappa shape index (κ3) is 4.11. The SMILES string of the molecule is COc1ccc([C@@H]2CC(=O)C3=C(C2)Nc2ccccc2N[C@@H]3c2cccc(Br)c2)cc1OC. The molecule has 2 atom stereocenters. The smallest absolute Gasteiger partial charge is 0.163 e. The summed E-state index contributed by atoms with van der Waals surface area (Å²) in [5.41, 5.74) is 5.84. The number of carbonyl (C=O) groups excluding carboxylic acids is 1. The van der Waals surface area contributed by atoms with Gasteiger partial charge in [-0.25, -0.2) is 0 Å². The number of para-hydroxylation sites is 2. The first-order valence-corrected chi connectivity index (χ1v) is 11.7. The number of benzene rings is 3. The number of methoxy groups -OCH3 is 2. The zero-order valence-corrected chi connectivity index (χ0v) is 20.1. The van der Waals surface area contributed by atoms with Crippen LogP contribution in [0.25, 0.3) is 0 Å². The summed E-state index contributed by atoms with van der Waals surface area (Å²) in [5, 5.41) is 7.21. The van der Waals surface area contributed by atoms with Gasteiger partial charge in [0, 0.05) is 22.2 Å². The lowest BCUT2D eigenvalue weighted by molar-refractivity contribution is -0.116. The normalized spacial score (nSPS) is 19.5. The van der Waals surface area contributed by atoms with Crippen LogP contribution >= 0.6 is 15.9 Å². The van der Waals surface area contributed by atoms with Gasteiger partial charge in [0.2, 0.25) is 0 Å². The first-order chi connectivity index (χ1) is 16.1. The molecule has 5 rings (SSSR count). The minimum absolute atomic E-state index is 0.0528. The highest BCUT2D eigenvalue weighted by molar-refractivity contribution is 9.10. The van der Waals surface area contributed by atoms with Crippen LogP contribution in [-0.2, 0) is 4.79 Å². The van der Waals surface area contributed by atoms with Crippen LogP contribution in [0.3, 0.4) is 0 Å². The Bertz CT molecular complexity index is 1250. The first-order valence-electron chi connectivity index (χ1n) is 10.9. The van der Waals surface area contributed by atoms with Crippen molar-refractivity contribution >= 4 is 33.1 Å². The number of hydrogen-bond acceptors (Lipinski definition) is 5. The van der Waals surface area contributed by atoms with Gasteiger partial charge in [-0.1, -0.05) is 46.3 Å². The van der Waals surface area contributed by atoms with Crippen LogP contribution in [-0.4, -0.2) is 20.0 Å². The molecule has 0 spiro atoms. The molecule has 0 amide bonds. The van der Waals surface area contributed by atoms with Crippen LogP contribution in [0.2, 0.25) is 0 Å². The van der Waals surface area contributed by atoms with E-state index in [0.29, 0.717) is 17.9 Å². The van der Waals surface area contributed by atoms with E-state index in [1.54, 1.807) is 14.2 Å². The minimum Gasteiger partial charge on any atom is -0.493 e. The molecule has 6 heteroatoms. The van der Waals surface area contributed by atoms with E-state index in [1.807, 2.05) is 54.6 Å². The summed E-state index contributed by atoms with van der Waals surface area (Å²) in [6.07, 6.45) is 1.18. The maximum atomic E-state index is 13.7. The molecule has 3 aromatic carbocycles. The van der Waals surface area contributed by atoms with Gasteiger partial charge < -0.3 is 20.1 Å². The van der Waals surface area contributed by atoms with E-state index in [1.165, 1.54) is 0 Å². The molecular formula is C27H25BrN2O3. The van der Waals surface area contributed by atoms with Crippen LogP contribution < -0.4 is 20.1 Å². The lowest BCUT2D eigenvalue weighted by Crippen LogP contribution is -2.26. The summed E-state index contributed by atoms with van der Waals surface area (Å²) in [5.74, 6) is 1.56. The molecule has 1 heterocycles. The second-order valence-electron chi connectivity index (χ2n) is 8.34. The Hall–Kier alpha value is -3.25. The topological polar surface area (TPSA) is 59.6 Å². The number of ketones is 1. The molecule has 33 heavy (non-hydrogen) atoms. The Morgan fingerprint density at radius 1 is 0.848 bits per heavy atom. The largest absolute Gasteiger partial charge is 0.493 e. The van der Waals surface area contributed by atoms with Gasteiger partial charge in [0.25, 0.3) is 0 Å². The van der Waals surface area contributed by atoms with Gasteiger partial charge in [-0.3, -0.25) is 4.79 Å². The van der Waals surface area contributed by atoms with Crippen LogP contribution in [0.1, 0.15) is 35.9 Å². The highest BCUT2D eigenvalue weighted by atomic mass is 79.9. The molecule has 0 fully saturated rings. The summed E-state index contributed by atoms with van der Waals surface area (Å²) < 4.78 is 11.9. The van der Waals surface area contributed by atoms with Gasteiger partial charge in [-0.05, 0) is 59.9 Å². The van der Waals surface area contributed by atoms with E-state index in [2.05, 4.69) is 38.7 Å². The fourth-order valence-electron chi connectivity index (χ4n) is 4.77. The first kappa shape index (κ1) is 21.6. The second-order valence-corrected chi connectivity index (χ2v) is 9.25. The maximum Gasteiger partial charge on any atom is 0.163 e. The van der Waals surface area contributed by atoms with Gasteiger partial charge in [0.15, 0.2) is 17.3 Å². The highest BCUT2D eigenvalue weighted by Gasteiger charge is 2.36. The summed E-state index contributed by atoms with van der Waals surface area (Å²) in [6, 6.07) is 21.9. The fraction of sp³-hybridized carbons (Fsp3) is 0.222. The lowest BCUT2D eigenvalue weighted by atomic mass is 9.78. The summed E-state index contributed by atoms with van der Waals surface area (Å²) in [6.45, 7) is 0. The number of nitrogens with one attached hydrogen (secondary N) is 2. The molecule has 0 unspecified atom stereocenters.